The van der Waals surface area contributed by atoms with Crippen molar-refractivity contribution in [2.75, 3.05) is 13.2 Å². The van der Waals surface area contributed by atoms with Crippen LogP contribution in [0.2, 0.25) is 0 Å². The van der Waals surface area contributed by atoms with Gasteiger partial charge < -0.3 is 10.1 Å². The van der Waals surface area contributed by atoms with E-state index in [-0.39, 0.29) is 6.10 Å². The second-order valence-corrected chi connectivity index (χ2v) is 5.24. The molecule has 1 aliphatic heterocycles. The summed E-state index contributed by atoms with van der Waals surface area (Å²) in [5, 5.41) is 7.71. The van der Waals surface area contributed by atoms with Gasteiger partial charge in [-0.25, -0.2) is 0 Å². The highest BCUT2D eigenvalue weighted by Crippen LogP contribution is 2.33. The predicted molar refractivity (Wildman–Crippen MR) is 76.0 cm³/mol. The summed E-state index contributed by atoms with van der Waals surface area (Å²) in [4.78, 5) is 4.32. The van der Waals surface area contributed by atoms with Crippen LogP contribution in [0.15, 0.2) is 36.8 Å². The number of nitrogens with one attached hydrogen (secondary N) is 1. The lowest BCUT2D eigenvalue weighted by Gasteiger charge is -2.17. The van der Waals surface area contributed by atoms with E-state index < -0.39 is 0 Å². The summed E-state index contributed by atoms with van der Waals surface area (Å²) in [5.74, 6) is 0.503. The number of rotatable bonds is 5. The van der Waals surface area contributed by atoms with Crippen LogP contribution in [0.5, 0.6) is 0 Å². The molecule has 1 N–H and O–H groups in total. The number of hydrogen-bond acceptors (Lipinski definition) is 4. The molecule has 1 aliphatic rings. The minimum atomic E-state index is 0.167. The summed E-state index contributed by atoms with van der Waals surface area (Å²) in [6, 6.07) is 5.99. The Labute approximate surface area is 119 Å². The number of nitrogens with zero attached hydrogens (tertiary/aromatic N) is 3. The molecular formula is C15H20N4O. The molecule has 0 aromatic carbocycles. The van der Waals surface area contributed by atoms with Crippen molar-refractivity contribution in [2.24, 2.45) is 13.0 Å². The maximum absolute atomic E-state index is 5.86. The molecule has 3 rings (SSSR count). The Morgan fingerprint density at radius 3 is 3.15 bits per heavy atom. The van der Waals surface area contributed by atoms with Crippen LogP contribution in [0.3, 0.4) is 0 Å². The van der Waals surface area contributed by atoms with E-state index in [1.54, 1.807) is 0 Å². The molecule has 0 saturated carbocycles. The first-order chi connectivity index (χ1) is 9.83. The van der Waals surface area contributed by atoms with Crippen LogP contribution in [0.25, 0.3) is 0 Å². The quantitative estimate of drug-likeness (QED) is 0.900. The zero-order valence-corrected chi connectivity index (χ0v) is 11.7. The molecule has 0 unspecified atom stereocenters. The van der Waals surface area contributed by atoms with Crippen molar-refractivity contribution in [3.8, 4) is 0 Å². The number of hydrogen-bond donors (Lipinski definition) is 1. The van der Waals surface area contributed by atoms with Gasteiger partial charge in [-0.1, -0.05) is 6.07 Å². The Balaban J connectivity index is 1.54. The van der Waals surface area contributed by atoms with Crippen LogP contribution in [0, 0.1) is 5.92 Å². The Morgan fingerprint density at radius 1 is 1.45 bits per heavy atom. The predicted octanol–water partition coefficient (Wildman–Crippen LogP) is 1.68. The van der Waals surface area contributed by atoms with Crippen LogP contribution in [0.4, 0.5) is 0 Å². The first kappa shape index (κ1) is 13.3. The van der Waals surface area contributed by atoms with Gasteiger partial charge >= 0.3 is 0 Å². The van der Waals surface area contributed by atoms with Crippen molar-refractivity contribution in [3.05, 3.63) is 48.0 Å². The van der Waals surface area contributed by atoms with Crippen molar-refractivity contribution < 1.29 is 4.74 Å². The average molecular weight is 272 g/mol. The minimum Gasteiger partial charge on any atom is -0.373 e. The summed E-state index contributed by atoms with van der Waals surface area (Å²) in [6.07, 6.45) is 7.03. The SMILES string of the molecule is Cn1cc([C@H]2OCC[C@@H]2CNCc2ccccn2)cn1. The molecule has 2 aromatic rings. The van der Waals surface area contributed by atoms with Gasteiger partial charge in [0, 0.05) is 50.6 Å². The molecule has 0 bridgehead atoms. The first-order valence-electron chi connectivity index (χ1n) is 7.03. The molecule has 5 nitrogen and oxygen atoms in total. The van der Waals surface area contributed by atoms with Crippen molar-refractivity contribution in [1.29, 1.82) is 0 Å². The molecule has 0 aliphatic carbocycles. The smallest absolute Gasteiger partial charge is 0.0896 e. The third-order valence-corrected chi connectivity index (χ3v) is 3.71. The van der Waals surface area contributed by atoms with Gasteiger partial charge in [0.25, 0.3) is 0 Å². The van der Waals surface area contributed by atoms with E-state index in [4.69, 9.17) is 4.74 Å². The van der Waals surface area contributed by atoms with Crippen molar-refractivity contribution in [3.63, 3.8) is 0 Å². The van der Waals surface area contributed by atoms with E-state index in [2.05, 4.69) is 15.4 Å². The summed E-state index contributed by atoms with van der Waals surface area (Å²) in [5.41, 5.74) is 2.25. The maximum atomic E-state index is 5.86. The van der Waals surface area contributed by atoms with Crippen LogP contribution in [-0.2, 0) is 18.3 Å². The second kappa shape index (κ2) is 6.15. The third kappa shape index (κ3) is 3.05. The molecule has 2 atom stereocenters. The monoisotopic (exact) mass is 272 g/mol. The van der Waals surface area contributed by atoms with E-state index in [1.165, 1.54) is 5.56 Å². The lowest BCUT2D eigenvalue weighted by molar-refractivity contribution is 0.0904. The van der Waals surface area contributed by atoms with Gasteiger partial charge in [-0.15, -0.1) is 0 Å². The minimum absolute atomic E-state index is 0.167. The molecule has 5 heteroatoms. The van der Waals surface area contributed by atoms with E-state index >= 15 is 0 Å². The maximum Gasteiger partial charge on any atom is 0.0896 e. The number of aryl methyl sites for hydroxylation is 1. The molecule has 3 heterocycles. The molecule has 2 aromatic heterocycles. The van der Waals surface area contributed by atoms with Gasteiger partial charge in [0.2, 0.25) is 0 Å². The van der Waals surface area contributed by atoms with E-state index in [9.17, 15) is 0 Å². The summed E-state index contributed by atoms with van der Waals surface area (Å²) < 4.78 is 7.69. The molecule has 1 saturated heterocycles. The summed E-state index contributed by atoms with van der Waals surface area (Å²) in [7, 11) is 1.94. The summed E-state index contributed by atoms with van der Waals surface area (Å²) >= 11 is 0. The Hall–Kier alpha value is -1.72. The number of pyridine rings is 1. The topological polar surface area (TPSA) is 52.0 Å². The standard InChI is InChI=1S/C15H20N4O/c1-19-11-13(9-18-19)15-12(5-7-20-15)8-16-10-14-4-2-3-6-17-14/h2-4,6,9,11-12,15-16H,5,7-8,10H2,1H3/t12-,15+/m1/s1. The molecular weight excluding hydrogens is 252 g/mol. The van der Waals surface area contributed by atoms with Crippen LogP contribution in [-0.4, -0.2) is 27.9 Å². The first-order valence-corrected chi connectivity index (χ1v) is 7.03. The third-order valence-electron chi connectivity index (χ3n) is 3.71. The fraction of sp³-hybridized carbons (Fsp3) is 0.467. The van der Waals surface area contributed by atoms with Gasteiger partial charge in [0.05, 0.1) is 18.0 Å². The van der Waals surface area contributed by atoms with Gasteiger partial charge in [-0.05, 0) is 18.6 Å². The zero-order chi connectivity index (χ0) is 13.8. The fourth-order valence-electron chi connectivity index (χ4n) is 2.69. The lowest BCUT2D eigenvalue weighted by atomic mass is 9.97. The van der Waals surface area contributed by atoms with Gasteiger partial charge in [-0.3, -0.25) is 9.67 Å². The molecule has 0 spiro atoms. The Morgan fingerprint density at radius 2 is 2.40 bits per heavy atom. The summed E-state index contributed by atoms with van der Waals surface area (Å²) in [6.45, 7) is 2.57. The van der Waals surface area contributed by atoms with E-state index in [1.807, 2.05) is 48.5 Å². The number of ether oxygens (including phenoxy) is 1. The highest BCUT2D eigenvalue weighted by atomic mass is 16.5. The average Bonchev–Trinajstić information content (AvgIpc) is 3.09. The van der Waals surface area contributed by atoms with Crippen LogP contribution < -0.4 is 5.32 Å². The number of aromatic nitrogens is 3. The molecule has 106 valence electrons. The van der Waals surface area contributed by atoms with Crippen LogP contribution in [0.1, 0.15) is 23.8 Å². The van der Waals surface area contributed by atoms with Crippen molar-refractivity contribution in [2.45, 2.75) is 19.1 Å². The highest BCUT2D eigenvalue weighted by Gasteiger charge is 2.30. The second-order valence-electron chi connectivity index (χ2n) is 5.24. The molecule has 20 heavy (non-hydrogen) atoms. The van der Waals surface area contributed by atoms with Gasteiger partial charge in [0.15, 0.2) is 0 Å². The normalized spacial score (nSPS) is 22.2. The lowest BCUT2D eigenvalue weighted by Crippen LogP contribution is -2.24. The van der Waals surface area contributed by atoms with Crippen LogP contribution >= 0.6 is 0 Å². The van der Waals surface area contributed by atoms with E-state index in [0.717, 1.165) is 31.8 Å². The van der Waals surface area contributed by atoms with Gasteiger partial charge in [-0.2, -0.15) is 5.10 Å². The van der Waals surface area contributed by atoms with Crippen molar-refractivity contribution in [1.82, 2.24) is 20.1 Å². The molecule has 0 amide bonds. The van der Waals surface area contributed by atoms with E-state index in [0.29, 0.717) is 5.92 Å². The largest absolute Gasteiger partial charge is 0.373 e. The Kier molecular flexibility index (Phi) is 4.08. The fourth-order valence-corrected chi connectivity index (χ4v) is 2.69. The van der Waals surface area contributed by atoms with Gasteiger partial charge in [0.1, 0.15) is 0 Å². The molecule has 1 fully saturated rings. The highest BCUT2D eigenvalue weighted by molar-refractivity contribution is 5.11. The Bertz CT molecular complexity index is 540. The molecule has 0 radical (unpaired) electrons. The zero-order valence-electron chi connectivity index (χ0n) is 11.7. The van der Waals surface area contributed by atoms with Crippen molar-refractivity contribution >= 4 is 0 Å².